The Hall–Kier alpha value is -2.55. The Morgan fingerprint density at radius 3 is 2.50 bits per heavy atom. The minimum absolute atomic E-state index is 0.103. The fourth-order valence-corrected chi connectivity index (χ4v) is 2.87. The number of carboxylic acids is 1. The third kappa shape index (κ3) is 3.07. The molecule has 0 aliphatic carbocycles. The van der Waals surface area contributed by atoms with Gasteiger partial charge < -0.3 is 10.1 Å². The summed E-state index contributed by atoms with van der Waals surface area (Å²) in [5, 5.41) is 10.2. The second kappa shape index (κ2) is 5.82. The van der Waals surface area contributed by atoms with Crippen molar-refractivity contribution >= 4 is 16.9 Å². The first-order valence-electron chi connectivity index (χ1n) is 8.22. The lowest BCUT2D eigenvalue weighted by atomic mass is 9.86. The van der Waals surface area contributed by atoms with E-state index in [0.29, 0.717) is 0 Å². The molecule has 2 aromatic carbocycles. The van der Waals surface area contributed by atoms with Gasteiger partial charge in [-0.2, -0.15) is 0 Å². The number of aromatic amines is 1. The summed E-state index contributed by atoms with van der Waals surface area (Å²) in [6, 6.07) is 16.4. The van der Waals surface area contributed by atoms with Crippen LogP contribution in [0.5, 0.6) is 0 Å². The third-order valence-electron chi connectivity index (χ3n) is 4.55. The molecular weight excluding hydrogens is 298 g/mol. The van der Waals surface area contributed by atoms with E-state index in [4.69, 9.17) is 0 Å². The topological polar surface area (TPSA) is 53.1 Å². The standard InChI is InChI=1S/C21H23NO2/c1-13(20(23)24)14-8-9-18-16(10-14)12-19(22-18)15-6-5-7-17(11-15)21(2,3)4/h5-13,22H,1-4H3,(H,23,24). The molecule has 0 saturated carbocycles. The van der Waals surface area contributed by atoms with Gasteiger partial charge >= 0.3 is 5.97 Å². The highest BCUT2D eigenvalue weighted by Crippen LogP contribution is 2.30. The van der Waals surface area contributed by atoms with Gasteiger partial charge in [-0.1, -0.05) is 45.0 Å². The van der Waals surface area contributed by atoms with Crippen LogP contribution in [0.1, 0.15) is 44.7 Å². The highest BCUT2D eigenvalue weighted by atomic mass is 16.4. The van der Waals surface area contributed by atoms with Crippen molar-refractivity contribution in [1.29, 1.82) is 0 Å². The normalized spacial score (nSPS) is 13.2. The summed E-state index contributed by atoms with van der Waals surface area (Å²) in [4.78, 5) is 14.6. The second-order valence-electron chi connectivity index (χ2n) is 7.42. The molecule has 3 aromatic rings. The van der Waals surface area contributed by atoms with Crippen molar-refractivity contribution in [2.45, 2.75) is 39.0 Å². The first kappa shape index (κ1) is 16.3. The van der Waals surface area contributed by atoms with Crippen molar-refractivity contribution in [2.75, 3.05) is 0 Å². The molecule has 1 atom stereocenters. The predicted octanol–water partition coefficient (Wildman–Crippen LogP) is 5.32. The number of hydrogen-bond acceptors (Lipinski definition) is 1. The molecule has 0 radical (unpaired) electrons. The molecule has 1 unspecified atom stereocenters. The van der Waals surface area contributed by atoms with E-state index in [2.05, 4.69) is 56.1 Å². The number of hydrogen-bond donors (Lipinski definition) is 2. The molecule has 124 valence electrons. The summed E-state index contributed by atoms with van der Waals surface area (Å²) in [7, 11) is 0. The summed E-state index contributed by atoms with van der Waals surface area (Å²) >= 11 is 0. The van der Waals surface area contributed by atoms with Gasteiger partial charge in [0.15, 0.2) is 0 Å². The summed E-state index contributed by atoms with van der Waals surface area (Å²) in [6.07, 6.45) is 0. The van der Waals surface area contributed by atoms with Gasteiger partial charge in [-0.15, -0.1) is 0 Å². The summed E-state index contributed by atoms with van der Waals surface area (Å²) in [5.41, 5.74) is 5.43. The maximum atomic E-state index is 11.2. The summed E-state index contributed by atoms with van der Waals surface area (Å²) in [5.74, 6) is -1.31. The van der Waals surface area contributed by atoms with Gasteiger partial charge in [-0.25, -0.2) is 0 Å². The number of aromatic nitrogens is 1. The fraction of sp³-hybridized carbons (Fsp3) is 0.286. The van der Waals surface area contributed by atoms with Crippen LogP contribution in [0.3, 0.4) is 0 Å². The molecule has 3 heteroatoms. The number of nitrogens with one attached hydrogen (secondary N) is 1. The predicted molar refractivity (Wildman–Crippen MR) is 98.5 cm³/mol. The molecular formula is C21H23NO2. The molecule has 0 saturated heterocycles. The lowest BCUT2D eigenvalue weighted by molar-refractivity contribution is -0.138. The SMILES string of the molecule is CC(C(=O)O)c1ccc2[nH]c(-c3cccc(C(C)(C)C)c3)cc2c1. The smallest absolute Gasteiger partial charge is 0.310 e. The van der Waals surface area contributed by atoms with Crippen molar-refractivity contribution in [3.63, 3.8) is 0 Å². The first-order chi connectivity index (χ1) is 11.3. The monoisotopic (exact) mass is 321 g/mol. The molecule has 3 rings (SSSR count). The Labute approximate surface area is 142 Å². The number of H-pyrrole nitrogens is 1. The molecule has 0 spiro atoms. The average Bonchev–Trinajstić information content (AvgIpc) is 2.96. The van der Waals surface area contributed by atoms with E-state index >= 15 is 0 Å². The Bertz CT molecular complexity index is 900. The maximum absolute atomic E-state index is 11.2. The lowest BCUT2D eigenvalue weighted by Gasteiger charge is -2.19. The Morgan fingerprint density at radius 2 is 1.83 bits per heavy atom. The van der Waals surface area contributed by atoms with Crippen LogP contribution in [0.15, 0.2) is 48.5 Å². The van der Waals surface area contributed by atoms with Crippen LogP contribution in [-0.4, -0.2) is 16.1 Å². The molecule has 2 N–H and O–H groups in total. The molecule has 0 bridgehead atoms. The van der Waals surface area contributed by atoms with Crippen molar-refractivity contribution in [2.24, 2.45) is 0 Å². The molecule has 0 fully saturated rings. The minimum Gasteiger partial charge on any atom is -0.481 e. The average molecular weight is 321 g/mol. The van der Waals surface area contributed by atoms with Crippen molar-refractivity contribution in [3.05, 3.63) is 59.7 Å². The van der Waals surface area contributed by atoms with E-state index < -0.39 is 11.9 Å². The minimum atomic E-state index is -0.803. The molecule has 1 aromatic heterocycles. The third-order valence-corrected chi connectivity index (χ3v) is 4.55. The van der Waals surface area contributed by atoms with Gasteiger partial charge in [0.1, 0.15) is 0 Å². The molecule has 0 aliphatic rings. The van der Waals surface area contributed by atoms with E-state index in [1.165, 1.54) is 5.56 Å². The van der Waals surface area contributed by atoms with Crippen molar-refractivity contribution < 1.29 is 9.90 Å². The van der Waals surface area contributed by atoms with Crippen LogP contribution < -0.4 is 0 Å². The number of benzene rings is 2. The first-order valence-corrected chi connectivity index (χ1v) is 8.22. The summed E-state index contributed by atoms with van der Waals surface area (Å²) < 4.78 is 0. The maximum Gasteiger partial charge on any atom is 0.310 e. The van der Waals surface area contributed by atoms with E-state index in [-0.39, 0.29) is 5.41 Å². The van der Waals surface area contributed by atoms with Gasteiger partial charge in [0.25, 0.3) is 0 Å². The van der Waals surface area contributed by atoms with Gasteiger partial charge in [-0.05, 0) is 53.3 Å². The number of carbonyl (C=O) groups is 1. The highest BCUT2D eigenvalue weighted by Gasteiger charge is 2.16. The lowest BCUT2D eigenvalue weighted by Crippen LogP contribution is -2.10. The molecule has 0 amide bonds. The summed E-state index contributed by atoms with van der Waals surface area (Å²) in [6.45, 7) is 8.33. The number of aliphatic carboxylic acids is 1. The molecule has 0 aliphatic heterocycles. The van der Waals surface area contributed by atoms with E-state index in [9.17, 15) is 9.90 Å². The largest absolute Gasteiger partial charge is 0.481 e. The van der Waals surface area contributed by atoms with Crippen molar-refractivity contribution in [1.82, 2.24) is 4.98 Å². The van der Waals surface area contributed by atoms with Crippen LogP contribution in [-0.2, 0) is 10.2 Å². The van der Waals surface area contributed by atoms with E-state index in [1.54, 1.807) is 6.92 Å². The highest BCUT2D eigenvalue weighted by molar-refractivity contribution is 5.88. The zero-order valence-corrected chi connectivity index (χ0v) is 14.6. The second-order valence-corrected chi connectivity index (χ2v) is 7.42. The fourth-order valence-electron chi connectivity index (χ4n) is 2.87. The van der Waals surface area contributed by atoms with Gasteiger partial charge in [0.2, 0.25) is 0 Å². The van der Waals surface area contributed by atoms with Gasteiger partial charge in [-0.3, -0.25) is 4.79 Å². The Morgan fingerprint density at radius 1 is 1.08 bits per heavy atom. The Balaban J connectivity index is 2.04. The van der Waals surface area contributed by atoms with E-state index in [1.807, 2.05) is 18.2 Å². The van der Waals surface area contributed by atoms with Crippen LogP contribution in [0, 0.1) is 0 Å². The quantitative estimate of drug-likeness (QED) is 0.686. The zero-order valence-electron chi connectivity index (χ0n) is 14.6. The van der Waals surface area contributed by atoms with Gasteiger partial charge in [0, 0.05) is 16.6 Å². The molecule has 24 heavy (non-hydrogen) atoms. The molecule has 1 heterocycles. The zero-order chi connectivity index (χ0) is 17.5. The van der Waals surface area contributed by atoms with Crippen LogP contribution in [0.4, 0.5) is 0 Å². The molecule has 3 nitrogen and oxygen atoms in total. The van der Waals surface area contributed by atoms with E-state index in [0.717, 1.165) is 27.7 Å². The number of fused-ring (bicyclic) bond motifs is 1. The Kier molecular flexibility index (Phi) is 3.96. The van der Waals surface area contributed by atoms with Gasteiger partial charge in [0.05, 0.1) is 5.92 Å². The van der Waals surface area contributed by atoms with Crippen LogP contribution in [0.25, 0.3) is 22.2 Å². The van der Waals surface area contributed by atoms with Crippen LogP contribution >= 0.6 is 0 Å². The van der Waals surface area contributed by atoms with Crippen LogP contribution in [0.2, 0.25) is 0 Å². The van der Waals surface area contributed by atoms with Crippen molar-refractivity contribution in [3.8, 4) is 11.3 Å². The number of rotatable bonds is 3. The number of carboxylic acid groups (broad SMARTS) is 1.